The van der Waals surface area contributed by atoms with Crippen molar-refractivity contribution in [3.05, 3.63) is 35.9 Å². The summed E-state index contributed by atoms with van der Waals surface area (Å²) in [6.45, 7) is 8.05. The van der Waals surface area contributed by atoms with Crippen LogP contribution in [0, 0.1) is 0 Å². The van der Waals surface area contributed by atoms with E-state index in [9.17, 15) is 0 Å². The van der Waals surface area contributed by atoms with Gasteiger partial charge in [-0.05, 0) is 39.8 Å². The molecular weight excluding hydrogens is 375 g/mol. The quantitative estimate of drug-likeness (QED) is 0.418. The van der Waals surface area contributed by atoms with E-state index < -0.39 is 0 Å². The Morgan fingerprint density at radius 1 is 1.24 bits per heavy atom. The molecule has 0 amide bonds. The van der Waals surface area contributed by atoms with Crippen LogP contribution in [0.15, 0.2) is 35.3 Å². The molecule has 0 aliphatic rings. The Bertz CT molecular complexity index is 406. The van der Waals surface area contributed by atoms with Gasteiger partial charge in [0.2, 0.25) is 0 Å². The van der Waals surface area contributed by atoms with E-state index in [4.69, 9.17) is 5.73 Å². The summed E-state index contributed by atoms with van der Waals surface area (Å²) in [7, 11) is 2.15. The van der Waals surface area contributed by atoms with Gasteiger partial charge in [0.25, 0.3) is 0 Å². The van der Waals surface area contributed by atoms with Crippen LogP contribution in [0.25, 0.3) is 0 Å². The monoisotopic (exact) mass is 404 g/mol. The molecule has 0 saturated heterocycles. The molecule has 0 saturated carbocycles. The maximum Gasteiger partial charge on any atom is 0.188 e. The SMILES string of the molecule is CC(C)NC(N)=NCCC(C)N(C)Cc1ccccc1.I. The molecule has 1 unspecified atom stereocenters. The van der Waals surface area contributed by atoms with Gasteiger partial charge in [0, 0.05) is 25.2 Å². The summed E-state index contributed by atoms with van der Waals surface area (Å²) in [5.74, 6) is 0.540. The van der Waals surface area contributed by atoms with Gasteiger partial charge in [-0.2, -0.15) is 0 Å². The lowest BCUT2D eigenvalue weighted by atomic mass is 10.1. The summed E-state index contributed by atoms with van der Waals surface area (Å²) < 4.78 is 0. The van der Waals surface area contributed by atoms with Crippen molar-refractivity contribution in [3.8, 4) is 0 Å². The van der Waals surface area contributed by atoms with Gasteiger partial charge in [0.15, 0.2) is 5.96 Å². The van der Waals surface area contributed by atoms with Crippen LogP contribution in [-0.4, -0.2) is 36.5 Å². The smallest absolute Gasteiger partial charge is 0.188 e. The number of halogens is 1. The summed E-state index contributed by atoms with van der Waals surface area (Å²) in [6.07, 6.45) is 1.00. The van der Waals surface area contributed by atoms with Crippen molar-refractivity contribution in [1.29, 1.82) is 0 Å². The molecule has 0 fully saturated rings. The largest absolute Gasteiger partial charge is 0.370 e. The first kappa shape index (κ1) is 20.2. The molecular formula is C16H29IN4. The van der Waals surface area contributed by atoms with Gasteiger partial charge < -0.3 is 11.1 Å². The predicted molar refractivity (Wildman–Crippen MR) is 102 cm³/mol. The van der Waals surface area contributed by atoms with Crippen LogP contribution in [0.3, 0.4) is 0 Å². The number of rotatable bonds is 7. The minimum absolute atomic E-state index is 0. The van der Waals surface area contributed by atoms with Crippen LogP contribution in [0.2, 0.25) is 0 Å². The van der Waals surface area contributed by atoms with Gasteiger partial charge in [0.1, 0.15) is 0 Å². The Morgan fingerprint density at radius 2 is 1.86 bits per heavy atom. The summed E-state index contributed by atoms with van der Waals surface area (Å²) in [5, 5.41) is 3.10. The number of aliphatic imine (C=N–C) groups is 1. The number of nitrogens with one attached hydrogen (secondary N) is 1. The standard InChI is InChI=1S/C16H28N4.HI/c1-13(2)19-16(17)18-11-10-14(3)20(4)12-15-8-6-5-7-9-15;/h5-9,13-14H,10-12H2,1-4H3,(H3,17,18,19);1H. The minimum atomic E-state index is 0. The zero-order valence-corrected chi connectivity index (χ0v) is 15.9. The normalized spacial score (nSPS) is 13.1. The number of nitrogens with two attached hydrogens (primary N) is 1. The van der Waals surface area contributed by atoms with Gasteiger partial charge >= 0.3 is 0 Å². The lowest BCUT2D eigenvalue weighted by Crippen LogP contribution is -2.37. The zero-order valence-electron chi connectivity index (χ0n) is 13.5. The maximum absolute atomic E-state index is 5.79. The summed E-state index contributed by atoms with van der Waals surface area (Å²) in [4.78, 5) is 6.69. The van der Waals surface area contributed by atoms with E-state index in [2.05, 4.69) is 67.3 Å². The Labute approximate surface area is 146 Å². The second-order valence-electron chi connectivity index (χ2n) is 5.60. The Morgan fingerprint density at radius 3 is 2.43 bits per heavy atom. The highest BCUT2D eigenvalue weighted by atomic mass is 127. The van der Waals surface area contributed by atoms with Crippen molar-refractivity contribution in [2.45, 2.75) is 45.8 Å². The highest BCUT2D eigenvalue weighted by Gasteiger charge is 2.09. The molecule has 120 valence electrons. The van der Waals surface area contributed by atoms with Gasteiger partial charge in [-0.15, -0.1) is 24.0 Å². The third-order valence-corrected chi connectivity index (χ3v) is 3.29. The molecule has 0 aliphatic heterocycles. The zero-order chi connectivity index (χ0) is 15.0. The summed E-state index contributed by atoms with van der Waals surface area (Å²) >= 11 is 0. The molecule has 1 rings (SSSR count). The predicted octanol–water partition coefficient (Wildman–Crippen LogP) is 2.83. The van der Waals surface area contributed by atoms with E-state index in [1.807, 2.05) is 6.07 Å². The van der Waals surface area contributed by atoms with E-state index >= 15 is 0 Å². The number of nitrogens with zero attached hydrogens (tertiary/aromatic N) is 2. The Kier molecular flexibility index (Phi) is 10.4. The molecule has 0 aliphatic carbocycles. The number of benzene rings is 1. The number of hydrogen-bond donors (Lipinski definition) is 2. The van der Waals surface area contributed by atoms with Crippen LogP contribution in [0.1, 0.15) is 32.8 Å². The second-order valence-corrected chi connectivity index (χ2v) is 5.60. The van der Waals surface area contributed by atoms with Gasteiger partial charge in [-0.1, -0.05) is 30.3 Å². The van der Waals surface area contributed by atoms with Crippen LogP contribution in [0.5, 0.6) is 0 Å². The average Bonchev–Trinajstić information content (AvgIpc) is 2.38. The van der Waals surface area contributed by atoms with Crippen molar-refractivity contribution in [1.82, 2.24) is 10.2 Å². The van der Waals surface area contributed by atoms with Crippen molar-refractivity contribution in [2.75, 3.05) is 13.6 Å². The maximum atomic E-state index is 5.79. The molecule has 0 radical (unpaired) electrons. The van der Waals surface area contributed by atoms with Gasteiger partial charge in [0.05, 0.1) is 0 Å². The van der Waals surface area contributed by atoms with Crippen molar-refractivity contribution < 1.29 is 0 Å². The lowest BCUT2D eigenvalue weighted by Gasteiger charge is -2.24. The fourth-order valence-electron chi connectivity index (χ4n) is 1.96. The molecule has 1 atom stereocenters. The molecule has 0 aromatic heterocycles. The second kappa shape index (κ2) is 10.8. The van der Waals surface area contributed by atoms with Crippen molar-refractivity contribution in [2.24, 2.45) is 10.7 Å². The van der Waals surface area contributed by atoms with E-state index in [0.717, 1.165) is 19.5 Å². The minimum Gasteiger partial charge on any atom is -0.370 e. The molecule has 1 aromatic rings. The first-order valence-electron chi connectivity index (χ1n) is 7.29. The number of guanidine groups is 1. The topological polar surface area (TPSA) is 53.6 Å². The van der Waals surface area contributed by atoms with Crippen molar-refractivity contribution >= 4 is 29.9 Å². The van der Waals surface area contributed by atoms with E-state index in [1.54, 1.807) is 0 Å². The van der Waals surface area contributed by atoms with Crippen LogP contribution < -0.4 is 11.1 Å². The fourth-order valence-corrected chi connectivity index (χ4v) is 1.96. The van der Waals surface area contributed by atoms with Crippen LogP contribution in [-0.2, 0) is 6.54 Å². The molecule has 3 N–H and O–H groups in total. The Hall–Kier alpha value is -0.820. The Balaban J connectivity index is 0.00000400. The molecule has 0 heterocycles. The highest BCUT2D eigenvalue weighted by molar-refractivity contribution is 14.0. The van der Waals surface area contributed by atoms with Crippen LogP contribution in [0.4, 0.5) is 0 Å². The van der Waals surface area contributed by atoms with E-state index in [-0.39, 0.29) is 24.0 Å². The first-order chi connectivity index (χ1) is 9.49. The molecule has 5 heteroatoms. The number of hydrogen-bond acceptors (Lipinski definition) is 2. The van der Waals surface area contributed by atoms with Crippen LogP contribution >= 0.6 is 24.0 Å². The molecule has 4 nitrogen and oxygen atoms in total. The third-order valence-electron chi connectivity index (χ3n) is 3.29. The summed E-state index contributed by atoms with van der Waals surface area (Å²) in [5.41, 5.74) is 7.13. The average molecular weight is 404 g/mol. The molecule has 1 aromatic carbocycles. The van der Waals surface area contributed by atoms with Crippen molar-refractivity contribution in [3.63, 3.8) is 0 Å². The lowest BCUT2D eigenvalue weighted by molar-refractivity contribution is 0.240. The summed E-state index contributed by atoms with van der Waals surface area (Å²) in [6, 6.07) is 11.3. The van der Waals surface area contributed by atoms with Gasteiger partial charge in [-0.3, -0.25) is 9.89 Å². The van der Waals surface area contributed by atoms with E-state index in [0.29, 0.717) is 18.0 Å². The first-order valence-corrected chi connectivity index (χ1v) is 7.29. The molecule has 0 bridgehead atoms. The van der Waals surface area contributed by atoms with E-state index in [1.165, 1.54) is 5.56 Å². The highest BCUT2D eigenvalue weighted by Crippen LogP contribution is 2.08. The third kappa shape index (κ3) is 8.93. The molecule has 0 spiro atoms. The fraction of sp³-hybridized carbons (Fsp3) is 0.562. The van der Waals surface area contributed by atoms with Gasteiger partial charge in [-0.25, -0.2) is 0 Å². The molecule has 21 heavy (non-hydrogen) atoms.